The highest BCUT2D eigenvalue weighted by Crippen LogP contribution is 2.30. The van der Waals surface area contributed by atoms with Gasteiger partial charge in [0, 0.05) is 48.5 Å². The largest absolute Gasteiger partial charge is 0.478 e. The minimum atomic E-state index is -0.993. The maximum Gasteiger partial charge on any atom is 0.337 e. The van der Waals surface area contributed by atoms with Gasteiger partial charge in [-0.3, -0.25) is 9.48 Å². The smallest absolute Gasteiger partial charge is 0.337 e. The second kappa shape index (κ2) is 17.4. The van der Waals surface area contributed by atoms with Gasteiger partial charge in [0.1, 0.15) is 18.8 Å². The van der Waals surface area contributed by atoms with Crippen LogP contribution in [0.25, 0.3) is 11.1 Å². The van der Waals surface area contributed by atoms with Crippen molar-refractivity contribution in [2.75, 3.05) is 19.0 Å². The fraction of sp³-hybridized carbons (Fsp3) is 0.250. The van der Waals surface area contributed by atoms with E-state index in [0.29, 0.717) is 48.0 Å². The van der Waals surface area contributed by atoms with Crippen LogP contribution in [0.3, 0.4) is 0 Å². The number of amides is 1. The zero-order chi connectivity index (χ0) is 39.0. The Morgan fingerprint density at radius 1 is 0.911 bits per heavy atom. The number of methoxy groups -OCH3 is 1. The summed E-state index contributed by atoms with van der Waals surface area (Å²) in [4.78, 5) is 46.3. The monoisotopic (exact) mass is 819 g/mol. The number of carboxylic acids is 1. The van der Waals surface area contributed by atoms with Crippen LogP contribution in [0.5, 0.6) is 5.88 Å². The average molecular weight is 821 g/mol. The highest BCUT2D eigenvalue weighted by molar-refractivity contribution is 9.08. The van der Waals surface area contributed by atoms with Gasteiger partial charge in [-0.25, -0.2) is 19.6 Å². The van der Waals surface area contributed by atoms with E-state index in [9.17, 15) is 19.5 Å². The number of hydrogen-bond acceptors (Lipinski definition) is 11. The number of H-pyrrole nitrogens is 1. The lowest BCUT2D eigenvalue weighted by atomic mass is 10.1. The fourth-order valence-electron chi connectivity index (χ4n) is 6.47. The maximum atomic E-state index is 13.2. The molecular weight excluding hydrogens is 782 g/mol. The van der Waals surface area contributed by atoms with Crippen LogP contribution in [0.2, 0.25) is 0 Å². The minimum Gasteiger partial charge on any atom is -0.478 e. The lowest BCUT2D eigenvalue weighted by Crippen LogP contribution is -2.38. The molecule has 1 aliphatic heterocycles. The molecule has 0 radical (unpaired) electrons. The topological polar surface area (TPSA) is 190 Å². The van der Waals surface area contributed by atoms with Crippen LogP contribution in [-0.4, -0.2) is 82.7 Å². The van der Waals surface area contributed by atoms with Gasteiger partial charge < -0.3 is 24.8 Å². The number of anilines is 1. The predicted octanol–water partition coefficient (Wildman–Crippen LogP) is 5.27. The van der Waals surface area contributed by atoms with Gasteiger partial charge in [-0.1, -0.05) is 64.5 Å². The van der Waals surface area contributed by atoms with Crippen molar-refractivity contribution < 1.29 is 29.0 Å². The molecule has 56 heavy (non-hydrogen) atoms. The Morgan fingerprint density at radius 3 is 2.23 bits per heavy atom. The van der Waals surface area contributed by atoms with Crippen LogP contribution in [-0.2, 0) is 53.8 Å². The molecule has 16 heteroatoms. The Kier molecular flexibility index (Phi) is 11.7. The Hall–Kier alpha value is -6.42. The third-order valence-corrected chi connectivity index (χ3v) is 10.1. The summed E-state index contributed by atoms with van der Waals surface area (Å²) >= 11 is 3.32. The van der Waals surface area contributed by atoms with E-state index < -0.39 is 5.97 Å². The van der Waals surface area contributed by atoms with Crippen molar-refractivity contribution >= 4 is 39.7 Å². The molecule has 15 nitrogen and oxygen atoms in total. The van der Waals surface area contributed by atoms with Crippen LogP contribution in [0.4, 0.5) is 5.95 Å². The van der Waals surface area contributed by atoms with E-state index in [2.05, 4.69) is 80.7 Å². The Labute approximate surface area is 330 Å². The van der Waals surface area contributed by atoms with Crippen LogP contribution in [0, 0.1) is 0 Å². The first kappa shape index (κ1) is 37.9. The summed E-state index contributed by atoms with van der Waals surface area (Å²) in [6.07, 6.45) is 7.66. The lowest BCUT2D eigenvalue weighted by Gasteiger charge is -2.25. The standard InChI is InChI=1S/C31H29N9O4.C9H9BrO2/c41-28(39-10-9-26-27(16-39)36-38-35-26)17-40-15-25(29(37-40)44-18-19-5-7-20(8-6-19)30(42)43)23-13-32-31(33-14-23)34-24-11-21-3-1-2-4-22(21)12-24;1-12-9(11)8-4-2-7(6-10)3-5-8/h1-8,13-15,24H,9-12,16-18H2,(H,42,43)(H,32,33,34)(H,35,36,38);2-5H,6H2,1H3. The number of aromatic amines is 1. The highest BCUT2D eigenvalue weighted by Gasteiger charge is 2.25. The van der Waals surface area contributed by atoms with Crippen molar-refractivity contribution in [1.29, 1.82) is 0 Å². The summed E-state index contributed by atoms with van der Waals surface area (Å²) in [7, 11) is 1.38. The molecule has 3 aromatic heterocycles. The van der Waals surface area contributed by atoms with E-state index in [-0.39, 0.29) is 36.6 Å². The van der Waals surface area contributed by atoms with Gasteiger partial charge in [0.15, 0.2) is 0 Å². The zero-order valence-corrected chi connectivity index (χ0v) is 32.0. The van der Waals surface area contributed by atoms with Crippen molar-refractivity contribution in [3.8, 4) is 17.0 Å². The molecule has 0 saturated carbocycles. The van der Waals surface area contributed by atoms with Crippen LogP contribution in [0.1, 0.15) is 54.4 Å². The number of carbonyl (C=O) groups excluding carboxylic acids is 2. The first-order chi connectivity index (χ1) is 27.3. The van der Waals surface area contributed by atoms with E-state index in [1.54, 1.807) is 52.4 Å². The molecule has 0 saturated heterocycles. The second-order valence-corrected chi connectivity index (χ2v) is 13.8. The molecule has 286 valence electrons. The number of aromatic nitrogens is 7. The van der Waals surface area contributed by atoms with Gasteiger partial charge in [-0.05, 0) is 59.4 Å². The van der Waals surface area contributed by atoms with E-state index in [1.165, 1.54) is 30.4 Å². The number of fused-ring (bicyclic) bond motifs is 2. The molecule has 0 fully saturated rings. The number of carbonyl (C=O) groups is 3. The summed E-state index contributed by atoms with van der Waals surface area (Å²) in [6.45, 7) is 1.11. The SMILES string of the molecule is COC(=O)c1ccc(CBr)cc1.O=C(O)c1ccc(COc2nn(CC(=O)N3CCc4n[nH]nc4C3)cc2-c2cnc(NC3Cc4ccccc4C3)nc2)cc1. The van der Waals surface area contributed by atoms with Gasteiger partial charge in [-0.15, -0.1) is 5.10 Å². The Bertz CT molecular complexity index is 2290. The quantitative estimate of drug-likeness (QED) is 0.114. The van der Waals surface area contributed by atoms with Crippen LogP contribution >= 0.6 is 15.9 Å². The number of nitrogens with one attached hydrogen (secondary N) is 2. The van der Waals surface area contributed by atoms with Gasteiger partial charge >= 0.3 is 11.9 Å². The van der Waals surface area contributed by atoms with Crippen molar-refractivity contribution in [2.24, 2.45) is 0 Å². The molecule has 4 heterocycles. The summed E-state index contributed by atoms with van der Waals surface area (Å²) in [6, 6.07) is 22.4. The molecule has 0 atom stereocenters. The fourth-order valence-corrected chi connectivity index (χ4v) is 6.84. The maximum absolute atomic E-state index is 13.2. The van der Waals surface area contributed by atoms with Gasteiger partial charge in [0.2, 0.25) is 17.7 Å². The summed E-state index contributed by atoms with van der Waals surface area (Å²) in [5.41, 5.74) is 8.36. The van der Waals surface area contributed by atoms with E-state index >= 15 is 0 Å². The van der Waals surface area contributed by atoms with Crippen molar-refractivity contribution in [2.45, 2.75) is 50.3 Å². The molecule has 1 amide bonds. The Morgan fingerprint density at radius 2 is 1.57 bits per heavy atom. The lowest BCUT2D eigenvalue weighted by molar-refractivity contribution is -0.133. The number of halogens is 1. The normalized spacial score (nSPS) is 13.2. The minimum absolute atomic E-state index is 0.0135. The summed E-state index contributed by atoms with van der Waals surface area (Å²) in [5.74, 6) is -0.541. The third-order valence-electron chi connectivity index (χ3n) is 9.49. The number of ether oxygens (including phenoxy) is 2. The van der Waals surface area contributed by atoms with Crippen molar-refractivity contribution in [3.63, 3.8) is 0 Å². The number of hydrogen-bond donors (Lipinski definition) is 3. The third kappa shape index (κ3) is 9.09. The molecular formula is C40H38BrN9O6. The molecule has 0 spiro atoms. The molecule has 2 aliphatic rings. The summed E-state index contributed by atoms with van der Waals surface area (Å²) in [5, 5.41) is 28.9. The number of carboxylic acid groups (broad SMARTS) is 1. The number of benzene rings is 3. The molecule has 0 bridgehead atoms. The number of nitrogens with zero attached hydrogens (tertiary/aromatic N) is 7. The van der Waals surface area contributed by atoms with Crippen molar-refractivity contribution in [3.05, 3.63) is 136 Å². The first-order valence-corrected chi connectivity index (χ1v) is 19.0. The predicted molar refractivity (Wildman–Crippen MR) is 208 cm³/mol. The number of rotatable bonds is 11. The molecule has 1 aliphatic carbocycles. The zero-order valence-electron chi connectivity index (χ0n) is 30.4. The summed E-state index contributed by atoms with van der Waals surface area (Å²) < 4.78 is 12.2. The molecule has 3 aromatic carbocycles. The highest BCUT2D eigenvalue weighted by atomic mass is 79.9. The van der Waals surface area contributed by atoms with E-state index in [4.69, 9.17) is 4.74 Å². The van der Waals surface area contributed by atoms with Crippen molar-refractivity contribution in [1.82, 2.24) is 40.1 Å². The van der Waals surface area contributed by atoms with Gasteiger partial charge in [0.05, 0.1) is 36.0 Å². The van der Waals surface area contributed by atoms with Gasteiger partial charge in [-0.2, -0.15) is 15.4 Å². The second-order valence-electron chi connectivity index (χ2n) is 13.3. The van der Waals surface area contributed by atoms with E-state index in [1.807, 2.05) is 12.1 Å². The molecule has 8 rings (SSSR count). The number of esters is 1. The van der Waals surface area contributed by atoms with E-state index in [0.717, 1.165) is 40.7 Å². The average Bonchev–Trinajstić information content (AvgIpc) is 3.98. The first-order valence-electron chi connectivity index (χ1n) is 17.8. The molecule has 3 N–H and O–H groups in total. The molecule has 0 unspecified atom stereocenters. The van der Waals surface area contributed by atoms with Gasteiger partial charge in [0.25, 0.3) is 0 Å². The van der Waals surface area contributed by atoms with Crippen LogP contribution < -0.4 is 10.1 Å². The number of alkyl halides is 1. The van der Waals surface area contributed by atoms with Crippen LogP contribution in [0.15, 0.2) is 91.4 Å². The molecule has 6 aromatic rings. The Balaban J connectivity index is 0.000000344. The number of aromatic carboxylic acids is 1.